The molecule has 3 amide bonds. The number of imide groups is 1. The summed E-state index contributed by atoms with van der Waals surface area (Å²) < 4.78 is 0. The molecule has 3 rings (SSSR count). The van der Waals surface area contributed by atoms with Gasteiger partial charge in [0.2, 0.25) is 0 Å². The van der Waals surface area contributed by atoms with Gasteiger partial charge in [0.05, 0.1) is 16.8 Å². The summed E-state index contributed by atoms with van der Waals surface area (Å²) in [7, 11) is 1.67. The number of aryl methyl sites for hydroxylation is 2. The van der Waals surface area contributed by atoms with E-state index in [1.165, 1.54) is 15.9 Å². The monoisotopic (exact) mass is 401 g/mol. The van der Waals surface area contributed by atoms with Gasteiger partial charge in [-0.3, -0.25) is 14.4 Å². The molecule has 2 aromatic carbocycles. The number of nitrogens with zero attached hydrogens (tertiary/aromatic N) is 2. The predicted molar refractivity (Wildman–Crippen MR) is 111 cm³/mol. The van der Waals surface area contributed by atoms with Crippen LogP contribution in [0.4, 0.5) is 5.69 Å². The number of carbonyl (C=O) groups is 3. The molecule has 28 heavy (non-hydrogen) atoms. The van der Waals surface area contributed by atoms with Gasteiger partial charge in [0, 0.05) is 25.2 Å². The summed E-state index contributed by atoms with van der Waals surface area (Å²) in [6.45, 7) is 5.95. The normalized spacial score (nSPS) is 13.8. The summed E-state index contributed by atoms with van der Waals surface area (Å²) in [4.78, 5) is 41.2. The van der Waals surface area contributed by atoms with E-state index < -0.39 is 5.91 Å². The van der Waals surface area contributed by atoms with E-state index in [0.29, 0.717) is 23.4 Å². The number of carbonyl (C=O) groups excluding carboxylic acids is 3. The van der Waals surface area contributed by atoms with Crippen LogP contribution in [0.3, 0.4) is 0 Å². The van der Waals surface area contributed by atoms with Crippen LogP contribution in [0, 0.1) is 13.8 Å². The van der Waals surface area contributed by atoms with E-state index in [-0.39, 0.29) is 35.8 Å². The molecule has 1 atom stereocenters. The highest BCUT2D eigenvalue weighted by Gasteiger charge is 2.38. The number of benzene rings is 2. The van der Waals surface area contributed by atoms with E-state index in [4.69, 9.17) is 5.73 Å². The zero-order chi connectivity index (χ0) is 19.9. The number of likely N-dealkylation sites (N-methyl/N-ethyl adjacent to an activating group) is 1. The van der Waals surface area contributed by atoms with Crippen LogP contribution in [0.2, 0.25) is 0 Å². The Hall–Kier alpha value is -2.70. The van der Waals surface area contributed by atoms with E-state index >= 15 is 0 Å². The van der Waals surface area contributed by atoms with Gasteiger partial charge in [-0.1, -0.05) is 12.1 Å². The molecule has 0 spiro atoms. The molecule has 7 heteroatoms. The van der Waals surface area contributed by atoms with E-state index in [9.17, 15) is 14.4 Å². The zero-order valence-electron chi connectivity index (χ0n) is 16.4. The Morgan fingerprint density at radius 3 is 2.36 bits per heavy atom. The first-order chi connectivity index (χ1) is 12.8. The van der Waals surface area contributed by atoms with Gasteiger partial charge in [-0.05, 0) is 56.2 Å². The second-order valence-electron chi connectivity index (χ2n) is 7.00. The first kappa shape index (κ1) is 21.6. The van der Waals surface area contributed by atoms with Crippen molar-refractivity contribution in [3.63, 3.8) is 0 Å². The molecule has 1 unspecified atom stereocenters. The first-order valence-corrected chi connectivity index (χ1v) is 8.83. The molecular formula is C21H24ClN3O3. The third-order valence-corrected chi connectivity index (χ3v) is 5.06. The Morgan fingerprint density at radius 1 is 1.07 bits per heavy atom. The van der Waals surface area contributed by atoms with Crippen molar-refractivity contribution >= 4 is 35.8 Å². The number of fused-ring (bicyclic) bond motifs is 1. The van der Waals surface area contributed by atoms with Crippen molar-refractivity contribution in [2.45, 2.75) is 26.8 Å². The fourth-order valence-electron chi connectivity index (χ4n) is 3.11. The van der Waals surface area contributed by atoms with E-state index in [1.807, 2.05) is 39.0 Å². The lowest BCUT2D eigenvalue weighted by molar-refractivity contribution is 0.0748. The first-order valence-electron chi connectivity index (χ1n) is 8.83. The summed E-state index contributed by atoms with van der Waals surface area (Å²) in [5, 5.41) is 0. The third-order valence-electron chi connectivity index (χ3n) is 5.06. The van der Waals surface area contributed by atoms with Gasteiger partial charge < -0.3 is 10.6 Å². The maximum absolute atomic E-state index is 13.0. The Kier molecular flexibility index (Phi) is 6.27. The Labute approximate surface area is 170 Å². The number of hydrogen-bond acceptors (Lipinski definition) is 4. The van der Waals surface area contributed by atoms with Gasteiger partial charge in [-0.15, -0.1) is 12.4 Å². The van der Waals surface area contributed by atoms with Gasteiger partial charge in [0.25, 0.3) is 17.7 Å². The highest BCUT2D eigenvalue weighted by molar-refractivity contribution is 6.35. The number of nitrogens with two attached hydrogens (primary N) is 1. The van der Waals surface area contributed by atoms with Crippen molar-refractivity contribution in [3.05, 3.63) is 64.2 Å². The lowest BCUT2D eigenvalue weighted by Crippen LogP contribution is -2.39. The molecule has 1 aliphatic rings. The summed E-state index contributed by atoms with van der Waals surface area (Å²) in [5.74, 6) is -1.01. The molecule has 1 aliphatic heterocycles. The van der Waals surface area contributed by atoms with Crippen molar-refractivity contribution < 1.29 is 14.4 Å². The number of anilines is 1. The largest absolute Gasteiger partial charge is 0.338 e. The van der Waals surface area contributed by atoms with Crippen LogP contribution in [-0.4, -0.2) is 42.3 Å². The lowest BCUT2D eigenvalue weighted by Gasteiger charge is -2.23. The van der Waals surface area contributed by atoms with E-state index in [2.05, 4.69) is 0 Å². The molecule has 0 saturated carbocycles. The fraction of sp³-hybridized carbons (Fsp3) is 0.286. The van der Waals surface area contributed by atoms with Crippen molar-refractivity contribution in [1.29, 1.82) is 0 Å². The SMILES string of the molecule is Cc1ccc(C)c(N2C(=O)c3ccc(C(=O)N(C)C(C)CN)cc3C2=O)c1.Cl. The fourth-order valence-corrected chi connectivity index (χ4v) is 3.11. The van der Waals surface area contributed by atoms with Gasteiger partial charge >= 0.3 is 0 Å². The molecule has 0 radical (unpaired) electrons. The Bertz CT molecular complexity index is 958. The Morgan fingerprint density at radius 2 is 1.71 bits per heavy atom. The van der Waals surface area contributed by atoms with Crippen LogP contribution in [0.5, 0.6) is 0 Å². The quantitative estimate of drug-likeness (QED) is 0.798. The van der Waals surface area contributed by atoms with E-state index in [0.717, 1.165) is 11.1 Å². The number of rotatable bonds is 4. The molecule has 2 aromatic rings. The van der Waals surface area contributed by atoms with Gasteiger partial charge in [-0.25, -0.2) is 4.90 Å². The third kappa shape index (κ3) is 3.53. The number of amides is 3. The minimum atomic E-state index is -0.409. The van der Waals surface area contributed by atoms with Crippen molar-refractivity contribution in [2.75, 3.05) is 18.5 Å². The zero-order valence-corrected chi connectivity index (χ0v) is 17.2. The number of hydrogen-bond donors (Lipinski definition) is 1. The van der Waals surface area contributed by atoms with Crippen LogP contribution >= 0.6 is 12.4 Å². The average Bonchev–Trinajstić information content (AvgIpc) is 2.92. The summed E-state index contributed by atoms with van der Waals surface area (Å²) in [6.07, 6.45) is 0. The summed E-state index contributed by atoms with van der Waals surface area (Å²) in [6, 6.07) is 10.1. The van der Waals surface area contributed by atoms with Crippen LogP contribution in [0.25, 0.3) is 0 Å². The second kappa shape index (κ2) is 8.12. The molecule has 2 N–H and O–H groups in total. The molecular weight excluding hydrogens is 378 g/mol. The lowest BCUT2D eigenvalue weighted by atomic mass is 10.0. The van der Waals surface area contributed by atoms with Gasteiger partial charge in [-0.2, -0.15) is 0 Å². The minimum absolute atomic E-state index is 0. The molecule has 0 fully saturated rings. The number of halogens is 1. The van der Waals surface area contributed by atoms with Crippen LogP contribution in [0.1, 0.15) is 49.1 Å². The highest BCUT2D eigenvalue weighted by atomic mass is 35.5. The van der Waals surface area contributed by atoms with Crippen LogP contribution < -0.4 is 10.6 Å². The molecule has 6 nitrogen and oxygen atoms in total. The van der Waals surface area contributed by atoms with Crippen LogP contribution in [0.15, 0.2) is 36.4 Å². The summed E-state index contributed by atoms with van der Waals surface area (Å²) >= 11 is 0. The molecule has 0 bridgehead atoms. The Balaban J connectivity index is 0.00000280. The second-order valence-corrected chi connectivity index (χ2v) is 7.00. The van der Waals surface area contributed by atoms with Gasteiger partial charge in [0.1, 0.15) is 0 Å². The molecule has 1 heterocycles. The minimum Gasteiger partial charge on any atom is -0.338 e. The molecule has 0 saturated heterocycles. The van der Waals surface area contributed by atoms with E-state index in [1.54, 1.807) is 19.2 Å². The van der Waals surface area contributed by atoms with Gasteiger partial charge in [0.15, 0.2) is 0 Å². The van der Waals surface area contributed by atoms with Crippen molar-refractivity contribution in [3.8, 4) is 0 Å². The molecule has 0 aliphatic carbocycles. The van der Waals surface area contributed by atoms with Crippen molar-refractivity contribution in [2.24, 2.45) is 5.73 Å². The standard InChI is InChI=1S/C21H23N3O3.ClH/c1-12-5-6-13(2)18(9-12)24-20(26)16-8-7-15(10-17(16)21(24)27)19(25)23(4)14(3)11-22;/h5-10,14H,11,22H2,1-4H3;1H. The maximum atomic E-state index is 13.0. The highest BCUT2D eigenvalue weighted by Crippen LogP contribution is 2.32. The predicted octanol–water partition coefficient (Wildman–Crippen LogP) is 2.95. The summed E-state index contributed by atoms with van der Waals surface area (Å²) in [5.41, 5.74) is 8.92. The topological polar surface area (TPSA) is 83.7 Å². The average molecular weight is 402 g/mol. The van der Waals surface area contributed by atoms with Crippen molar-refractivity contribution in [1.82, 2.24) is 4.90 Å². The molecule has 0 aromatic heterocycles. The molecule has 148 valence electrons. The smallest absolute Gasteiger partial charge is 0.266 e. The maximum Gasteiger partial charge on any atom is 0.266 e. The van der Waals surface area contributed by atoms with Crippen LogP contribution in [-0.2, 0) is 0 Å².